The van der Waals surface area contributed by atoms with Crippen LogP contribution in [0.4, 0.5) is 8.78 Å². The first-order valence-corrected chi connectivity index (χ1v) is 7.14. The molecule has 0 spiro atoms. The van der Waals surface area contributed by atoms with Crippen molar-refractivity contribution in [1.29, 1.82) is 0 Å². The van der Waals surface area contributed by atoms with Crippen molar-refractivity contribution in [2.45, 2.75) is 24.9 Å². The molecule has 0 aliphatic rings. The zero-order valence-electron chi connectivity index (χ0n) is 11.4. The summed E-state index contributed by atoms with van der Waals surface area (Å²) in [7, 11) is 0. The lowest BCUT2D eigenvalue weighted by molar-refractivity contribution is -0.133. The third kappa shape index (κ3) is 3.38. The van der Waals surface area contributed by atoms with Crippen LogP contribution in [0.3, 0.4) is 0 Å². The van der Waals surface area contributed by atoms with E-state index in [0.717, 1.165) is 23.9 Å². The average Bonchev–Trinajstić information content (AvgIpc) is 2.83. The molecule has 1 aromatic heterocycles. The molecule has 2 rings (SSSR count). The van der Waals surface area contributed by atoms with Crippen LogP contribution in [0.1, 0.15) is 25.6 Å². The lowest BCUT2D eigenvalue weighted by Gasteiger charge is -2.12. The molecular formula is C13H13F2N3O2S. The molecule has 0 saturated carbocycles. The van der Waals surface area contributed by atoms with Crippen LogP contribution in [0.5, 0.6) is 0 Å². The monoisotopic (exact) mass is 313 g/mol. The lowest BCUT2D eigenvalue weighted by Crippen LogP contribution is -2.06. The molecule has 0 saturated heterocycles. The molecule has 0 amide bonds. The van der Waals surface area contributed by atoms with E-state index in [4.69, 9.17) is 5.11 Å². The Morgan fingerprint density at radius 3 is 2.62 bits per heavy atom. The highest BCUT2D eigenvalue weighted by Gasteiger charge is 2.18. The third-order valence-corrected chi connectivity index (χ3v) is 3.57. The summed E-state index contributed by atoms with van der Waals surface area (Å²) in [5, 5.41) is 17.0. The van der Waals surface area contributed by atoms with Gasteiger partial charge in [0.15, 0.2) is 16.8 Å². The van der Waals surface area contributed by atoms with Gasteiger partial charge in [-0.25, -0.2) is 8.78 Å². The maximum absolute atomic E-state index is 13.4. The van der Waals surface area contributed by atoms with E-state index in [2.05, 4.69) is 10.2 Å². The van der Waals surface area contributed by atoms with Gasteiger partial charge in [0, 0.05) is 12.0 Å². The topological polar surface area (TPSA) is 68.0 Å². The highest BCUT2D eigenvalue weighted by Crippen LogP contribution is 2.26. The predicted molar refractivity (Wildman–Crippen MR) is 73.7 cm³/mol. The van der Waals surface area contributed by atoms with Crippen molar-refractivity contribution in [2.75, 3.05) is 5.75 Å². The van der Waals surface area contributed by atoms with Crippen molar-refractivity contribution in [3.8, 4) is 5.69 Å². The molecule has 21 heavy (non-hydrogen) atoms. The van der Waals surface area contributed by atoms with Crippen molar-refractivity contribution in [3.63, 3.8) is 0 Å². The van der Waals surface area contributed by atoms with Gasteiger partial charge in [0.2, 0.25) is 0 Å². The van der Waals surface area contributed by atoms with E-state index >= 15 is 0 Å². The van der Waals surface area contributed by atoms with Gasteiger partial charge >= 0.3 is 5.97 Å². The molecule has 112 valence electrons. The molecule has 1 heterocycles. The molecule has 0 fully saturated rings. The molecule has 2 aromatic rings. The zero-order chi connectivity index (χ0) is 15.6. The number of aromatic nitrogens is 3. The SMILES string of the molecule is CC(C)c1nnc(SCC(=O)O)n1-c1ccc(F)c(F)c1. The number of carboxylic acids is 1. The molecule has 0 radical (unpaired) electrons. The molecule has 1 aromatic carbocycles. The number of halogens is 2. The van der Waals surface area contributed by atoms with E-state index in [0.29, 0.717) is 16.7 Å². The van der Waals surface area contributed by atoms with E-state index in [9.17, 15) is 13.6 Å². The molecule has 5 nitrogen and oxygen atoms in total. The number of nitrogens with zero attached hydrogens (tertiary/aromatic N) is 3. The Morgan fingerprint density at radius 2 is 2.05 bits per heavy atom. The quantitative estimate of drug-likeness (QED) is 0.860. The fourth-order valence-corrected chi connectivity index (χ4v) is 2.42. The minimum absolute atomic E-state index is 0.00945. The molecule has 0 aliphatic heterocycles. The standard InChI is InChI=1S/C13H13F2N3O2S/c1-7(2)12-16-17-13(21-6-11(19)20)18(12)8-3-4-9(14)10(15)5-8/h3-5,7H,6H2,1-2H3,(H,19,20). The zero-order valence-corrected chi connectivity index (χ0v) is 12.2. The second-order valence-electron chi connectivity index (χ2n) is 4.61. The van der Waals surface area contributed by atoms with E-state index < -0.39 is 17.6 Å². The predicted octanol–water partition coefficient (Wildman–Crippen LogP) is 2.85. The molecule has 8 heteroatoms. The van der Waals surface area contributed by atoms with Gasteiger partial charge in [0.1, 0.15) is 5.82 Å². The highest BCUT2D eigenvalue weighted by molar-refractivity contribution is 7.99. The summed E-state index contributed by atoms with van der Waals surface area (Å²) in [6, 6.07) is 3.45. The van der Waals surface area contributed by atoms with Crippen LogP contribution >= 0.6 is 11.8 Å². The Labute approximate surface area is 124 Å². The summed E-state index contributed by atoms with van der Waals surface area (Å²) in [5.74, 6) is -2.58. The van der Waals surface area contributed by atoms with Gasteiger partial charge in [0.25, 0.3) is 0 Å². The first kappa shape index (κ1) is 15.4. The summed E-state index contributed by atoms with van der Waals surface area (Å²) in [5.41, 5.74) is 0.357. The number of thioether (sulfide) groups is 1. The van der Waals surface area contributed by atoms with E-state index in [1.54, 1.807) is 4.57 Å². The summed E-state index contributed by atoms with van der Waals surface area (Å²) in [4.78, 5) is 10.7. The Balaban J connectivity index is 2.49. The van der Waals surface area contributed by atoms with Crippen LogP contribution in [0, 0.1) is 11.6 Å². The van der Waals surface area contributed by atoms with Gasteiger partial charge in [-0.2, -0.15) is 0 Å². The maximum atomic E-state index is 13.4. The number of hydrogen-bond donors (Lipinski definition) is 1. The van der Waals surface area contributed by atoms with Crippen molar-refractivity contribution < 1.29 is 18.7 Å². The number of carbonyl (C=O) groups is 1. The van der Waals surface area contributed by atoms with Gasteiger partial charge in [-0.15, -0.1) is 10.2 Å². The van der Waals surface area contributed by atoms with Gasteiger partial charge in [-0.1, -0.05) is 25.6 Å². The number of benzene rings is 1. The summed E-state index contributed by atoms with van der Waals surface area (Å²) in [6.07, 6.45) is 0. The smallest absolute Gasteiger partial charge is 0.313 e. The van der Waals surface area contributed by atoms with Crippen LogP contribution in [0.2, 0.25) is 0 Å². The summed E-state index contributed by atoms with van der Waals surface area (Å²) >= 11 is 0.972. The van der Waals surface area contributed by atoms with E-state index in [1.807, 2.05) is 13.8 Å². The summed E-state index contributed by atoms with van der Waals surface area (Å²) < 4.78 is 28.0. The van der Waals surface area contributed by atoms with Crippen molar-refractivity contribution in [3.05, 3.63) is 35.7 Å². The molecule has 0 unspecified atom stereocenters. The van der Waals surface area contributed by atoms with Crippen LogP contribution in [-0.4, -0.2) is 31.6 Å². The Morgan fingerprint density at radius 1 is 1.33 bits per heavy atom. The fourth-order valence-electron chi connectivity index (χ4n) is 1.74. The molecule has 1 N–H and O–H groups in total. The normalized spacial score (nSPS) is 11.1. The van der Waals surface area contributed by atoms with Crippen molar-refractivity contribution in [1.82, 2.24) is 14.8 Å². The Kier molecular flexibility index (Phi) is 4.56. The van der Waals surface area contributed by atoms with Gasteiger partial charge in [-0.3, -0.25) is 9.36 Å². The van der Waals surface area contributed by atoms with Crippen LogP contribution in [-0.2, 0) is 4.79 Å². The van der Waals surface area contributed by atoms with E-state index in [1.165, 1.54) is 6.07 Å². The van der Waals surface area contributed by atoms with Crippen LogP contribution in [0.15, 0.2) is 23.4 Å². The maximum Gasteiger partial charge on any atom is 0.313 e. The van der Waals surface area contributed by atoms with Crippen molar-refractivity contribution >= 4 is 17.7 Å². The highest BCUT2D eigenvalue weighted by atomic mass is 32.2. The number of hydrogen-bond acceptors (Lipinski definition) is 4. The first-order chi connectivity index (χ1) is 9.90. The molecule has 0 aliphatic carbocycles. The second kappa shape index (κ2) is 6.21. The average molecular weight is 313 g/mol. The lowest BCUT2D eigenvalue weighted by atomic mass is 10.2. The number of aliphatic carboxylic acids is 1. The van der Waals surface area contributed by atoms with Gasteiger partial charge < -0.3 is 5.11 Å². The first-order valence-electron chi connectivity index (χ1n) is 6.15. The number of rotatable bonds is 5. The van der Waals surface area contributed by atoms with E-state index in [-0.39, 0.29) is 11.7 Å². The summed E-state index contributed by atoms with van der Waals surface area (Å²) in [6.45, 7) is 3.76. The minimum atomic E-state index is -0.995. The molecule has 0 atom stereocenters. The Bertz CT molecular complexity index is 673. The molecule has 0 bridgehead atoms. The third-order valence-electron chi connectivity index (χ3n) is 2.66. The molecular weight excluding hydrogens is 300 g/mol. The van der Waals surface area contributed by atoms with Crippen LogP contribution < -0.4 is 0 Å². The van der Waals surface area contributed by atoms with Crippen LogP contribution in [0.25, 0.3) is 5.69 Å². The van der Waals surface area contributed by atoms with Gasteiger partial charge in [-0.05, 0) is 12.1 Å². The largest absolute Gasteiger partial charge is 0.481 e. The number of carboxylic acid groups (broad SMARTS) is 1. The second-order valence-corrected chi connectivity index (χ2v) is 5.55. The fraction of sp³-hybridized carbons (Fsp3) is 0.308. The minimum Gasteiger partial charge on any atom is -0.481 e. The van der Waals surface area contributed by atoms with Crippen molar-refractivity contribution in [2.24, 2.45) is 0 Å². The van der Waals surface area contributed by atoms with Gasteiger partial charge in [0.05, 0.1) is 11.4 Å². The Hall–Kier alpha value is -1.96.